The lowest BCUT2D eigenvalue weighted by Gasteiger charge is -2.34. The average molecular weight is 480 g/mol. The number of benzene rings is 2. The van der Waals surface area contributed by atoms with Crippen LogP contribution in [0.3, 0.4) is 0 Å². The average Bonchev–Trinajstić information content (AvgIpc) is 2.75. The number of hydrogen-bond acceptors (Lipinski definition) is 3. The van der Waals surface area contributed by atoms with Gasteiger partial charge in [-0.25, -0.2) is 13.2 Å². The van der Waals surface area contributed by atoms with Gasteiger partial charge in [0.25, 0.3) is 0 Å². The van der Waals surface area contributed by atoms with E-state index in [9.17, 15) is 13.2 Å². The first-order valence-corrected chi connectivity index (χ1v) is 12.0. The number of piperazine rings is 1. The quantitative estimate of drug-likeness (QED) is 0.685. The summed E-state index contributed by atoms with van der Waals surface area (Å²) in [5.74, 6) is 0.401. The molecular weight excluding hydrogens is 454 g/mol. The van der Waals surface area contributed by atoms with E-state index in [1.54, 1.807) is 17.0 Å². The molecule has 156 valence electrons. The molecule has 1 unspecified atom stereocenters. The van der Waals surface area contributed by atoms with Crippen molar-refractivity contribution in [3.63, 3.8) is 0 Å². The number of halogens is 1. The summed E-state index contributed by atoms with van der Waals surface area (Å²) in [6, 6.07) is 14.3. The lowest BCUT2D eigenvalue weighted by Crippen LogP contribution is -2.51. The molecular formula is C21H26BrN3O3S. The monoisotopic (exact) mass is 479 g/mol. The van der Waals surface area contributed by atoms with Gasteiger partial charge in [-0.1, -0.05) is 38.1 Å². The van der Waals surface area contributed by atoms with Crippen molar-refractivity contribution in [3.05, 3.63) is 58.6 Å². The van der Waals surface area contributed by atoms with E-state index in [1.807, 2.05) is 36.4 Å². The Morgan fingerprint density at radius 1 is 1.07 bits per heavy atom. The zero-order valence-corrected chi connectivity index (χ0v) is 19.0. The van der Waals surface area contributed by atoms with Gasteiger partial charge in [-0.2, -0.15) is 4.31 Å². The van der Waals surface area contributed by atoms with Crippen LogP contribution >= 0.6 is 15.9 Å². The van der Waals surface area contributed by atoms with E-state index in [-0.39, 0.29) is 19.1 Å². The molecule has 0 bridgehead atoms. The highest BCUT2D eigenvalue weighted by Gasteiger charge is 2.30. The largest absolute Gasteiger partial charge is 0.322 e. The second-order valence-corrected chi connectivity index (χ2v) is 9.97. The summed E-state index contributed by atoms with van der Waals surface area (Å²) in [5.41, 5.74) is 1.83. The summed E-state index contributed by atoms with van der Waals surface area (Å²) in [6.07, 6.45) is 1.01. The van der Waals surface area contributed by atoms with Crippen molar-refractivity contribution in [2.45, 2.75) is 31.1 Å². The molecule has 1 fully saturated rings. The minimum atomic E-state index is -3.56. The van der Waals surface area contributed by atoms with Crippen molar-refractivity contribution in [1.82, 2.24) is 9.21 Å². The van der Waals surface area contributed by atoms with Crippen molar-refractivity contribution >= 4 is 37.7 Å². The Kier molecular flexibility index (Phi) is 6.97. The molecule has 2 aromatic rings. The molecule has 1 aliphatic heterocycles. The molecule has 1 heterocycles. The fourth-order valence-electron chi connectivity index (χ4n) is 3.24. The maximum Gasteiger partial charge on any atom is 0.321 e. The van der Waals surface area contributed by atoms with Crippen LogP contribution in [0.2, 0.25) is 0 Å². The predicted octanol–water partition coefficient (Wildman–Crippen LogP) is 4.50. The molecule has 29 heavy (non-hydrogen) atoms. The summed E-state index contributed by atoms with van der Waals surface area (Å²) in [5, 5.41) is 2.86. The Balaban J connectivity index is 1.62. The fourth-order valence-corrected chi connectivity index (χ4v) is 5.05. The Hall–Kier alpha value is -1.90. The summed E-state index contributed by atoms with van der Waals surface area (Å²) in [7, 11) is -3.56. The van der Waals surface area contributed by atoms with Crippen LogP contribution in [-0.2, 0) is 10.0 Å². The number of para-hydroxylation sites is 1. The number of nitrogens with one attached hydrogen (secondary N) is 1. The van der Waals surface area contributed by atoms with E-state index in [1.165, 1.54) is 4.31 Å². The van der Waals surface area contributed by atoms with E-state index in [2.05, 4.69) is 35.1 Å². The zero-order valence-electron chi connectivity index (χ0n) is 16.6. The van der Waals surface area contributed by atoms with Gasteiger partial charge in [0.1, 0.15) is 0 Å². The number of urea groups is 1. The highest BCUT2D eigenvalue weighted by Crippen LogP contribution is 2.24. The summed E-state index contributed by atoms with van der Waals surface area (Å²) in [6.45, 7) is 5.49. The molecule has 3 rings (SSSR count). The first-order valence-electron chi connectivity index (χ1n) is 9.73. The van der Waals surface area contributed by atoms with Crippen LogP contribution in [0.15, 0.2) is 57.9 Å². The Morgan fingerprint density at radius 2 is 1.69 bits per heavy atom. The molecule has 0 spiro atoms. The third-order valence-corrected chi connectivity index (χ3v) is 7.94. The number of nitrogens with zero attached hydrogens (tertiary/aromatic N) is 2. The van der Waals surface area contributed by atoms with Crippen molar-refractivity contribution in [2.75, 3.05) is 31.5 Å². The molecule has 2 amide bonds. The lowest BCUT2D eigenvalue weighted by atomic mass is 9.99. The van der Waals surface area contributed by atoms with E-state index >= 15 is 0 Å². The maximum absolute atomic E-state index is 13.0. The van der Waals surface area contributed by atoms with Crippen molar-refractivity contribution in [1.29, 1.82) is 0 Å². The minimum absolute atomic E-state index is 0.230. The lowest BCUT2D eigenvalue weighted by molar-refractivity contribution is 0.184. The van der Waals surface area contributed by atoms with E-state index in [0.717, 1.165) is 16.5 Å². The van der Waals surface area contributed by atoms with Gasteiger partial charge in [-0.05, 0) is 58.1 Å². The Labute approximate surface area is 181 Å². The third-order valence-electron chi connectivity index (χ3n) is 5.34. The van der Waals surface area contributed by atoms with Crippen LogP contribution in [0.4, 0.5) is 10.5 Å². The van der Waals surface area contributed by atoms with Gasteiger partial charge < -0.3 is 10.2 Å². The minimum Gasteiger partial charge on any atom is -0.322 e. The SMILES string of the molecule is CCC(C)c1ccc(S(=O)(=O)N2CCN(C(=O)Nc3ccccc3Br)CC2)cc1. The molecule has 2 aromatic carbocycles. The fraction of sp³-hybridized carbons (Fsp3) is 0.381. The van der Waals surface area contributed by atoms with Crippen LogP contribution < -0.4 is 5.32 Å². The van der Waals surface area contributed by atoms with E-state index in [0.29, 0.717) is 29.6 Å². The smallest absolute Gasteiger partial charge is 0.321 e. The van der Waals surface area contributed by atoms with Crippen LogP contribution in [0, 0.1) is 0 Å². The zero-order chi connectivity index (χ0) is 21.0. The second-order valence-electron chi connectivity index (χ2n) is 7.18. The molecule has 0 aliphatic carbocycles. The maximum atomic E-state index is 13.0. The molecule has 1 N–H and O–H groups in total. The van der Waals surface area contributed by atoms with E-state index < -0.39 is 10.0 Å². The molecule has 0 saturated carbocycles. The van der Waals surface area contributed by atoms with Crippen LogP contribution in [0.1, 0.15) is 31.7 Å². The Morgan fingerprint density at radius 3 is 2.28 bits per heavy atom. The number of sulfonamides is 1. The summed E-state index contributed by atoms with van der Waals surface area (Å²) < 4.78 is 28.2. The summed E-state index contributed by atoms with van der Waals surface area (Å²) in [4.78, 5) is 14.4. The number of hydrogen-bond donors (Lipinski definition) is 1. The van der Waals surface area contributed by atoms with Gasteiger partial charge in [0, 0.05) is 30.7 Å². The highest BCUT2D eigenvalue weighted by molar-refractivity contribution is 9.10. The second kappa shape index (κ2) is 9.28. The number of carbonyl (C=O) groups is 1. The van der Waals surface area contributed by atoms with Gasteiger partial charge in [0.05, 0.1) is 10.6 Å². The van der Waals surface area contributed by atoms with E-state index in [4.69, 9.17) is 0 Å². The standard InChI is InChI=1S/C21H26BrN3O3S/c1-3-16(2)17-8-10-18(11-9-17)29(27,28)25-14-12-24(13-15-25)21(26)23-20-7-5-4-6-19(20)22/h4-11,16H,3,12-15H2,1-2H3,(H,23,26). The number of anilines is 1. The molecule has 0 aromatic heterocycles. The molecule has 0 radical (unpaired) electrons. The van der Waals surface area contributed by atoms with Crippen LogP contribution in [0.25, 0.3) is 0 Å². The highest BCUT2D eigenvalue weighted by atomic mass is 79.9. The van der Waals surface area contributed by atoms with Gasteiger partial charge in [0.15, 0.2) is 0 Å². The molecule has 1 saturated heterocycles. The first kappa shape index (κ1) is 21.8. The molecule has 8 heteroatoms. The number of carbonyl (C=O) groups excluding carboxylic acids is 1. The van der Waals surface area contributed by atoms with Crippen LogP contribution in [0.5, 0.6) is 0 Å². The van der Waals surface area contributed by atoms with Gasteiger partial charge >= 0.3 is 6.03 Å². The van der Waals surface area contributed by atoms with Gasteiger partial charge in [0.2, 0.25) is 10.0 Å². The third kappa shape index (κ3) is 4.99. The molecule has 1 aliphatic rings. The van der Waals surface area contributed by atoms with Crippen LogP contribution in [-0.4, -0.2) is 49.8 Å². The van der Waals surface area contributed by atoms with Gasteiger partial charge in [-0.15, -0.1) is 0 Å². The first-order chi connectivity index (χ1) is 13.8. The summed E-state index contributed by atoms with van der Waals surface area (Å²) >= 11 is 3.41. The van der Waals surface area contributed by atoms with Gasteiger partial charge in [-0.3, -0.25) is 0 Å². The normalized spacial score (nSPS) is 16.4. The van der Waals surface area contributed by atoms with Crippen molar-refractivity contribution in [3.8, 4) is 0 Å². The molecule has 6 nitrogen and oxygen atoms in total. The molecule has 1 atom stereocenters. The number of rotatable bonds is 5. The Bertz CT molecular complexity index is 955. The predicted molar refractivity (Wildman–Crippen MR) is 119 cm³/mol. The number of amides is 2. The topological polar surface area (TPSA) is 69.7 Å². The van der Waals surface area contributed by atoms with Crippen molar-refractivity contribution in [2.24, 2.45) is 0 Å². The van der Waals surface area contributed by atoms with Crippen molar-refractivity contribution < 1.29 is 13.2 Å².